The fraction of sp³-hybridized carbons (Fsp3) is 0.481. The van der Waals surface area contributed by atoms with Crippen LogP contribution >= 0.6 is 0 Å². The van der Waals surface area contributed by atoms with Gasteiger partial charge in [0.1, 0.15) is 23.3 Å². The van der Waals surface area contributed by atoms with Crippen molar-refractivity contribution in [2.24, 2.45) is 5.92 Å². The number of nitrogens with one attached hydrogen (secondary N) is 3. The predicted octanol–water partition coefficient (Wildman–Crippen LogP) is 4.92. The minimum absolute atomic E-state index is 0.0145. The molecule has 0 aliphatic heterocycles. The quantitative estimate of drug-likeness (QED) is 0.384. The van der Waals surface area contributed by atoms with Crippen molar-refractivity contribution in [3.63, 3.8) is 0 Å². The van der Waals surface area contributed by atoms with Crippen molar-refractivity contribution in [1.29, 1.82) is 0 Å². The first-order valence-electron chi connectivity index (χ1n) is 12.9. The molecule has 0 saturated heterocycles. The summed E-state index contributed by atoms with van der Waals surface area (Å²) < 4.78 is 46.6. The Morgan fingerprint density at radius 2 is 1.84 bits per heavy atom. The van der Waals surface area contributed by atoms with Crippen LogP contribution in [-0.2, 0) is 11.0 Å². The van der Waals surface area contributed by atoms with Crippen LogP contribution in [0.25, 0.3) is 22.3 Å². The first-order valence-corrected chi connectivity index (χ1v) is 12.9. The Bertz CT molecular complexity index is 1370. The minimum Gasteiger partial charge on any atom is -0.493 e. The topological polar surface area (TPSA) is 109 Å². The molecule has 2 aliphatic carbocycles. The molecule has 38 heavy (non-hydrogen) atoms. The van der Waals surface area contributed by atoms with E-state index in [1.165, 1.54) is 12.4 Å². The number of halogens is 3. The highest BCUT2D eigenvalue weighted by Crippen LogP contribution is 2.40. The molecule has 202 valence electrons. The van der Waals surface area contributed by atoms with E-state index in [4.69, 9.17) is 4.74 Å². The lowest BCUT2D eigenvalue weighted by atomic mass is 10.0. The van der Waals surface area contributed by atoms with Crippen LogP contribution in [0.3, 0.4) is 0 Å². The Balaban J connectivity index is 1.45. The van der Waals surface area contributed by atoms with Crippen molar-refractivity contribution in [3.05, 3.63) is 41.3 Å². The van der Waals surface area contributed by atoms with Gasteiger partial charge in [-0.15, -0.1) is 0 Å². The Labute approximate surface area is 217 Å². The zero-order valence-corrected chi connectivity index (χ0v) is 21.2. The van der Waals surface area contributed by atoms with Crippen molar-refractivity contribution in [2.75, 3.05) is 6.61 Å². The van der Waals surface area contributed by atoms with Gasteiger partial charge in [-0.3, -0.25) is 9.59 Å². The van der Waals surface area contributed by atoms with E-state index < -0.39 is 11.7 Å². The number of fused-ring (bicyclic) bond motifs is 1. The highest BCUT2D eigenvalue weighted by molar-refractivity contribution is 6.09. The molecule has 11 heteroatoms. The lowest BCUT2D eigenvalue weighted by Crippen LogP contribution is -2.37. The molecule has 2 aromatic heterocycles. The number of aromatic nitrogens is 3. The van der Waals surface area contributed by atoms with Gasteiger partial charge in [0.25, 0.3) is 5.91 Å². The number of amides is 2. The van der Waals surface area contributed by atoms with Crippen LogP contribution in [0.4, 0.5) is 13.2 Å². The fourth-order valence-electron chi connectivity index (χ4n) is 4.94. The van der Waals surface area contributed by atoms with Crippen LogP contribution in [0.2, 0.25) is 0 Å². The van der Waals surface area contributed by atoms with E-state index in [1.807, 2.05) is 0 Å². The Morgan fingerprint density at radius 3 is 2.53 bits per heavy atom. The lowest BCUT2D eigenvalue weighted by molar-refractivity contribution is -0.137. The molecule has 2 aliphatic rings. The molecule has 8 nitrogen and oxygen atoms in total. The summed E-state index contributed by atoms with van der Waals surface area (Å²) in [6.45, 7) is 3.93. The van der Waals surface area contributed by atoms with Crippen molar-refractivity contribution >= 4 is 22.8 Å². The molecule has 0 radical (unpaired) electrons. The third kappa shape index (κ3) is 5.46. The average molecular weight is 530 g/mol. The van der Waals surface area contributed by atoms with E-state index in [0.29, 0.717) is 53.4 Å². The first kappa shape index (κ1) is 26.0. The predicted molar refractivity (Wildman–Crippen MR) is 135 cm³/mol. The molecule has 2 fully saturated rings. The molecule has 1 aromatic carbocycles. The normalized spacial score (nSPS) is 19.5. The molecular formula is C27H30F3N5O3. The molecule has 2 atom stereocenters. The number of nitrogens with zero attached hydrogens (tertiary/aromatic N) is 2. The van der Waals surface area contributed by atoms with Crippen LogP contribution < -0.4 is 15.4 Å². The van der Waals surface area contributed by atoms with Gasteiger partial charge < -0.3 is 20.4 Å². The van der Waals surface area contributed by atoms with Gasteiger partial charge in [-0.2, -0.15) is 13.2 Å². The van der Waals surface area contributed by atoms with Gasteiger partial charge in [0.05, 0.1) is 23.3 Å². The maximum Gasteiger partial charge on any atom is 0.416 e. The molecule has 0 bridgehead atoms. The summed E-state index contributed by atoms with van der Waals surface area (Å²) in [5.74, 6) is 0.354. The summed E-state index contributed by atoms with van der Waals surface area (Å²) in [4.78, 5) is 36.8. The highest BCUT2D eigenvalue weighted by Gasteiger charge is 2.33. The van der Waals surface area contributed by atoms with Gasteiger partial charge in [0.2, 0.25) is 5.91 Å². The Kier molecular flexibility index (Phi) is 7.02. The van der Waals surface area contributed by atoms with Crippen molar-refractivity contribution in [2.45, 2.75) is 70.6 Å². The number of hydrogen-bond donors (Lipinski definition) is 3. The van der Waals surface area contributed by atoms with Gasteiger partial charge in [-0.1, -0.05) is 6.92 Å². The minimum atomic E-state index is -4.54. The summed E-state index contributed by atoms with van der Waals surface area (Å²) in [6, 6.07) is 3.26. The molecule has 2 heterocycles. The van der Waals surface area contributed by atoms with E-state index in [0.717, 1.165) is 37.8 Å². The van der Waals surface area contributed by atoms with E-state index in [9.17, 15) is 22.8 Å². The van der Waals surface area contributed by atoms with Gasteiger partial charge >= 0.3 is 6.18 Å². The SMILES string of the molecule is CCC(=O)NC1CCC(NC(=O)c2c(C)[nH]c3c(-c4cc(C(F)(F)F)ccc4OCC4CC4)ncnc23)C1. The number of carbonyl (C=O) groups excluding carboxylic acids is 2. The second-order valence-electron chi connectivity index (χ2n) is 10.1. The van der Waals surface area contributed by atoms with E-state index in [1.54, 1.807) is 13.8 Å². The van der Waals surface area contributed by atoms with Crippen LogP contribution in [0.1, 0.15) is 67.1 Å². The molecule has 3 N–H and O–H groups in total. The second-order valence-corrected chi connectivity index (χ2v) is 10.1. The molecular weight excluding hydrogens is 499 g/mol. The number of carbonyl (C=O) groups is 2. The Hall–Kier alpha value is -3.63. The summed E-state index contributed by atoms with van der Waals surface area (Å²) in [7, 11) is 0. The van der Waals surface area contributed by atoms with Crippen molar-refractivity contribution < 1.29 is 27.5 Å². The van der Waals surface area contributed by atoms with Crippen molar-refractivity contribution in [3.8, 4) is 17.0 Å². The number of H-pyrrole nitrogens is 1. The van der Waals surface area contributed by atoms with Crippen molar-refractivity contribution in [1.82, 2.24) is 25.6 Å². The van der Waals surface area contributed by atoms with Crippen LogP contribution in [0.5, 0.6) is 5.75 Å². The molecule has 5 rings (SSSR count). The second kappa shape index (κ2) is 10.3. The zero-order valence-electron chi connectivity index (χ0n) is 21.2. The fourth-order valence-corrected chi connectivity index (χ4v) is 4.94. The number of hydrogen-bond acceptors (Lipinski definition) is 5. The lowest BCUT2D eigenvalue weighted by Gasteiger charge is -2.15. The maximum absolute atomic E-state index is 13.6. The zero-order chi connectivity index (χ0) is 27.0. The number of aromatic amines is 1. The average Bonchev–Trinajstić information content (AvgIpc) is 3.50. The Morgan fingerprint density at radius 1 is 1.11 bits per heavy atom. The summed E-state index contributed by atoms with van der Waals surface area (Å²) in [5, 5.41) is 6.00. The smallest absolute Gasteiger partial charge is 0.416 e. The number of rotatable bonds is 8. The number of aryl methyl sites for hydroxylation is 1. The molecule has 2 amide bonds. The number of alkyl halides is 3. The third-order valence-corrected chi connectivity index (χ3v) is 7.19. The molecule has 2 unspecified atom stereocenters. The standard InChI is InChI=1S/C27H30F3N5O3/c1-3-21(36)34-17-7-8-18(11-17)35-26(37)22-14(2)33-25-23(31-13-32-24(22)25)19-10-16(27(28,29)30)6-9-20(19)38-12-15-4-5-15/h6,9-10,13,15,17-18,33H,3-5,7-8,11-12H2,1-2H3,(H,34,36)(H,35,37). The van der Waals surface area contributed by atoms with Gasteiger partial charge in [0.15, 0.2) is 0 Å². The summed E-state index contributed by atoms with van der Waals surface area (Å²) in [5.41, 5.74) is 1.14. The van der Waals surface area contributed by atoms with Gasteiger partial charge in [0, 0.05) is 29.8 Å². The molecule has 2 saturated carbocycles. The molecule has 0 spiro atoms. The van der Waals surface area contributed by atoms with Crippen LogP contribution in [0, 0.1) is 12.8 Å². The van der Waals surface area contributed by atoms with Gasteiger partial charge in [-0.05, 0) is 63.1 Å². The maximum atomic E-state index is 13.6. The first-order chi connectivity index (χ1) is 18.1. The summed E-state index contributed by atoms with van der Waals surface area (Å²) >= 11 is 0. The number of benzene rings is 1. The molecule has 3 aromatic rings. The van der Waals surface area contributed by atoms with Gasteiger partial charge in [-0.25, -0.2) is 9.97 Å². The van der Waals surface area contributed by atoms with E-state index >= 15 is 0 Å². The third-order valence-electron chi connectivity index (χ3n) is 7.19. The number of ether oxygens (including phenoxy) is 1. The van der Waals surface area contributed by atoms with Crippen LogP contribution in [0.15, 0.2) is 24.5 Å². The van der Waals surface area contributed by atoms with Crippen LogP contribution in [-0.4, -0.2) is 45.5 Å². The monoisotopic (exact) mass is 529 g/mol. The van der Waals surface area contributed by atoms with E-state index in [-0.39, 0.29) is 35.2 Å². The highest BCUT2D eigenvalue weighted by atomic mass is 19.4. The summed E-state index contributed by atoms with van der Waals surface area (Å²) in [6.07, 6.45) is 1.32. The van der Waals surface area contributed by atoms with E-state index in [2.05, 4.69) is 25.6 Å². The largest absolute Gasteiger partial charge is 0.493 e.